The number of amides is 2. The average Bonchev–Trinajstić information content (AvgIpc) is 2.74. The quantitative estimate of drug-likeness (QED) is 0.839. The van der Waals surface area contributed by atoms with Crippen LogP contribution in [-0.4, -0.2) is 26.2 Å². The van der Waals surface area contributed by atoms with Crippen LogP contribution in [0.5, 0.6) is 0 Å². The standard InChI is InChI=1S/C11H17ClN2O2S/c1-3-6-13-11(15)14-7-8(16-2)9-4-5-10(12)17-9/h4-5,8H,3,6-7H2,1-2H3,(H2,13,14,15). The molecule has 1 heterocycles. The molecule has 2 N–H and O–H groups in total. The van der Waals surface area contributed by atoms with Crippen LogP contribution in [0.15, 0.2) is 12.1 Å². The van der Waals surface area contributed by atoms with Crippen molar-refractivity contribution in [2.45, 2.75) is 19.4 Å². The van der Waals surface area contributed by atoms with Crippen molar-refractivity contribution in [1.82, 2.24) is 10.6 Å². The zero-order valence-corrected chi connectivity index (χ0v) is 11.5. The number of methoxy groups -OCH3 is 1. The van der Waals surface area contributed by atoms with E-state index in [0.717, 1.165) is 15.6 Å². The summed E-state index contributed by atoms with van der Waals surface area (Å²) in [6.45, 7) is 3.11. The van der Waals surface area contributed by atoms with Crippen molar-refractivity contribution in [3.05, 3.63) is 21.3 Å². The van der Waals surface area contributed by atoms with Crippen molar-refractivity contribution in [2.24, 2.45) is 0 Å². The number of ether oxygens (including phenoxy) is 1. The number of hydrogen-bond acceptors (Lipinski definition) is 3. The maximum atomic E-state index is 11.4. The van der Waals surface area contributed by atoms with Gasteiger partial charge >= 0.3 is 6.03 Å². The van der Waals surface area contributed by atoms with Crippen LogP contribution in [0.3, 0.4) is 0 Å². The Morgan fingerprint density at radius 2 is 2.29 bits per heavy atom. The fourth-order valence-corrected chi connectivity index (χ4v) is 2.43. The van der Waals surface area contributed by atoms with Gasteiger partial charge in [-0.2, -0.15) is 0 Å². The lowest BCUT2D eigenvalue weighted by Gasteiger charge is -2.14. The molecule has 0 radical (unpaired) electrons. The fraction of sp³-hybridized carbons (Fsp3) is 0.545. The highest BCUT2D eigenvalue weighted by atomic mass is 35.5. The van der Waals surface area contributed by atoms with Gasteiger partial charge < -0.3 is 15.4 Å². The summed E-state index contributed by atoms with van der Waals surface area (Å²) in [5.74, 6) is 0. The second kappa shape index (κ2) is 7.53. The first-order valence-corrected chi connectivity index (χ1v) is 6.66. The first kappa shape index (κ1) is 14.3. The third-order valence-corrected chi connectivity index (χ3v) is 3.50. The van der Waals surface area contributed by atoms with Crippen LogP contribution in [0.2, 0.25) is 4.34 Å². The summed E-state index contributed by atoms with van der Waals surface area (Å²) in [6.07, 6.45) is 0.765. The predicted molar refractivity (Wildman–Crippen MR) is 70.8 cm³/mol. The number of rotatable bonds is 6. The smallest absolute Gasteiger partial charge is 0.314 e. The molecule has 1 atom stereocenters. The highest BCUT2D eigenvalue weighted by Crippen LogP contribution is 2.28. The Bertz CT molecular complexity index is 357. The van der Waals surface area contributed by atoms with Crippen LogP contribution in [0.4, 0.5) is 4.79 Å². The number of thiophene rings is 1. The van der Waals surface area contributed by atoms with Gasteiger partial charge in [-0.3, -0.25) is 0 Å². The highest BCUT2D eigenvalue weighted by molar-refractivity contribution is 7.16. The molecule has 2 amide bonds. The van der Waals surface area contributed by atoms with Gasteiger partial charge in [-0.25, -0.2) is 4.79 Å². The Balaban J connectivity index is 2.40. The number of urea groups is 1. The van der Waals surface area contributed by atoms with Gasteiger partial charge in [-0.15, -0.1) is 11.3 Å². The van der Waals surface area contributed by atoms with Crippen LogP contribution in [0.1, 0.15) is 24.3 Å². The number of hydrogen-bond donors (Lipinski definition) is 2. The maximum Gasteiger partial charge on any atom is 0.314 e. The summed E-state index contributed by atoms with van der Waals surface area (Å²) in [7, 11) is 1.61. The Morgan fingerprint density at radius 3 is 2.82 bits per heavy atom. The summed E-state index contributed by atoms with van der Waals surface area (Å²) in [6, 6.07) is 3.56. The molecule has 1 rings (SSSR count). The van der Waals surface area contributed by atoms with E-state index in [1.165, 1.54) is 11.3 Å². The summed E-state index contributed by atoms with van der Waals surface area (Å²) in [4.78, 5) is 12.4. The lowest BCUT2D eigenvalue weighted by atomic mass is 10.3. The van der Waals surface area contributed by atoms with E-state index >= 15 is 0 Å². The van der Waals surface area contributed by atoms with Gasteiger partial charge in [-0.05, 0) is 18.6 Å². The first-order valence-electron chi connectivity index (χ1n) is 5.47. The highest BCUT2D eigenvalue weighted by Gasteiger charge is 2.13. The number of carbonyl (C=O) groups excluding carboxylic acids is 1. The molecule has 4 nitrogen and oxygen atoms in total. The molecular weight excluding hydrogens is 260 g/mol. The van der Waals surface area contributed by atoms with Crippen LogP contribution in [0, 0.1) is 0 Å². The first-order chi connectivity index (χ1) is 8.17. The molecule has 0 saturated carbocycles. The molecule has 6 heteroatoms. The van der Waals surface area contributed by atoms with Gasteiger partial charge in [0.2, 0.25) is 0 Å². The Morgan fingerprint density at radius 1 is 1.53 bits per heavy atom. The van der Waals surface area contributed by atoms with E-state index in [9.17, 15) is 4.79 Å². The van der Waals surface area contributed by atoms with E-state index in [4.69, 9.17) is 16.3 Å². The molecule has 0 bridgehead atoms. The van der Waals surface area contributed by atoms with E-state index in [1.807, 2.05) is 19.1 Å². The molecular formula is C11H17ClN2O2S. The van der Waals surface area contributed by atoms with Crippen LogP contribution >= 0.6 is 22.9 Å². The summed E-state index contributed by atoms with van der Waals surface area (Å²) >= 11 is 7.31. The number of nitrogens with one attached hydrogen (secondary N) is 2. The van der Waals surface area contributed by atoms with Crippen molar-refractivity contribution in [2.75, 3.05) is 20.2 Å². The van der Waals surface area contributed by atoms with Crippen LogP contribution in [0.25, 0.3) is 0 Å². The third kappa shape index (κ3) is 4.93. The zero-order chi connectivity index (χ0) is 12.7. The minimum absolute atomic E-state index is 0.153. The Labute approximate surface area is 110 Å². The number of halogens is 1. The van der Waals surface area contributed by atoms with Gasteiger partial charge in [0, 0.05) is 18.5 Å². The second-order valence-corrected chi connectivity index (χ2v) is 5.25. The zero-order valence-electron chi connectivity index (χ0n) is 9.96. The summed E-state index contributed by atoms with van der Waals surface area (Å²) < 4.78 is 6.03. The van der Waals surface area contributed by atoms with E-state index in [0.29, 0.717) is 13.1 Å². The van der Waals surface area contributed by atoms with Crippen LogP contribution in [-0.2, 0) is 4.74 Å². The lowest BCUT2D eigenvalue weighted by molar-refractivity contribution is 0.107. The molecule has 96 valence electrons. The maximum absolute atomic E-state index is 11.4. The van der Waals surface area contributed by atoms with Crippen molar-refractivity contribution in [1.29, 1.82) is 0 Å². The van der Waals surface area contributed by atoms with Crippen LogP contribution < -0.4 is 10.6 Å². The molecule has 1 unspecified atom stereocenters. The Hall–Kier alpha value is -0.780. The largest absolute Gasteiger partial charge is 0.374 e. The molecule has 0 aromatic carbocycles. The molecule has 0 aliphatic rings. The molecule has 0 fully saturated rings. The second-order valence-electron chi connectivity index (χ2n) is 3.50. The van der Waals surface area contributed by atoms with E-state index in [2.05, 4.69) is 10.6 Å². The molecule has 0 aliphatic heterocycles. The van der Waals surface area contributed by atoms with Gasteiger partial charge in [0.15, 0.2) is 0 Å². The SMILES string of the molecule is CCCNC(=O)NCC(OC)c1ccc(Cl)s1. The molecule has 1 aromatic heterocycles. The summed E-state index contributed by atoms with van der Waals surface area (Å²) in [5.41, 5.74) is 0. The monoisotopic (exact) mass is 276 g/mol. The lowest BCUT2D eigenvalue weighted by Crippen LogP contribution is -2.38. The van der Waals surface area contributed by atoms with E-state index in [1.54, 1.807) is 7.11 Å². The summed E-state index contributed by atoms with van der Waals surface area (Å²) in [5, 5.41) is 5.50. The van der Waals surface area contributed by atoms with Crippen molar-refractivity contribution in [3.8, 4) is 0 Å². The average molecular weight is 277 g/mol. The fourth-order valence-electron chi connectivity index (χ4n) is 1.29. The van der Waals surface area contributed by atoms with Crippen molar-refractivity contribution >= 4 is 29.0 Å². The van der Waals surface area contributed by atoms with Crippen molar-refractivity contribution in [3.63, 3.8) is 0 Å². The molecule has 0 saturated heterocycles. The normalized spacial score (nSPS) is 12.2. The van der Waals surface area contributed by atoms with Gasteiger partial charge in [0.1, 0.15) is 6.10 Å². The minimum atomic E-state index is -0.170. The van der Waals surface area contributed by atoms with Crippen molar-refractivity contribution < 1.29 is 9.53 Å². The molecule has 17 heavy (non-hydrogen) atoms. The molecule has 1 aromatic rings. The topological polar surface area (TPSA) is 50.4 Å². The third-order valence-electron chi connectivity index (χ3n) is 2.18. The predicted octanol–water partition coefficient (Wildman–Crippen LogP) is 2.80. The Kier molecular flexibility index (Phi) is 6.32. The van der Waals surface area contributed by atoms with Gasteiger partial charge in [-0.1, -0.05) is 18.5 Å². The molecule has 0 aliphatic carbocycles. The van der Waals surface area contributed by atoms with Gasteiger partial charge in [0.25, 0.3) is 0 Å². The van der Waals surface area contributed by atoms with Gasteiger partial charge in [0.05, 0.1) is 10.9 Å². The van der Waals surface area contributed by atoms with E-state index < -0.39 is 0 Å². The molecule has 0 spiro atoms. The van der Waals surface area contributed by atoms with E-state index in [-0.39, 0.29) is 12.1 Å². The number of carbonyl (C=O) groups is 1. The minimum Gasteiger partial charge on any atom is -0.374 e.